The van der Waals surface area contributed by atoms with Crippen LogP contribution in [0, 0.1) is 0 Å². The van der Waals surface area contributed by atoms with E-state index < -0.39 is 0 Å². The smallest absolute Gasteiger partial charge is 0.143 e. The molecule has 3 nitrogen and oxygen atoms in total. The zero-order valence-corrected chi connectivity index (χ0v) is 28.7. The van der Waals surface area contributed by atoms with Crippen molar-refractivity contribution >= 4 is 82.5 Å². The molecule has 0 aliphatic carbocycles. The summed E-state index contributed by atoms with van der Waals surface area (Å²) in [4.78, 5) is 2.34. The Morgan fingerprint density at radius 1 is 0.302 bits per heavy atom. The third-order valence-corrected chi connectivity index (χ3v) is 10.6. The van der Waals surface area contributed by atoms with Crippen LogP contribution in [0.25, 0.3) is 87.7 Å². The molecule has 2 heterocycles. The summed E-state index contributed by atoms with van der Waals surface area (Å²) in [5, 5.41) is 9.14. The van der Waals surface area contributed by atoms with Gasteiger partial charge in [0, 0.05) is 49.6 Å². The monoisotopic (exact) mass is 677 g/mol. The van der Waals surface area contributed by atoms with Crippen molar-refractivity contribution in [1.29, 1.82) is 0 Å². The van der Waals surface area contributed by atoms with Gasteiger partial charge in [0.2, 0.25) is 0 Å². The van der Waals surface area contributed by atoms with Gasteiger partial charge < -0.3 is 13.7 Å². The molecule has 0 unspecified atom stereocenters. The molecule has 0 aliphatic heterocycles. The maximum atomic E-state index is 6.76. The fourth-order valence-electron chi connectivity index (χ4n) is 8.11. The number of hydrogen-bond acceptors (Lipinski definition) is 3. The van der Waals surface area contributed by atoms with Crippen LogP contribution in [-0.2, 0) is 0 Å². The molecule has 0 fully saturated rings. The Morgan fingerprint density at radius 2 is 0.925 bits per heavy atom. The Labute approximate surface area is 305 Å². The molecule has 0 saturated heterocycles. The van der Waals surface area contributed by atoms with E-state index in [9.17, 15) is 0 Å². The Kier molecular flexibility index (Phi) is 6.55. The molecule has 0 bridgehead atoms. The van der Waals surface area contributed by atoms with E-state index in [-0.39, 0.29) is 0 Å². The van der Waals surface area contributed by atoms with Gasteiger partial charge in [-0.1, -0.05) is 133 Å². The second-order valence-corrected chi connectivity index (χ2v) is 13.7. The van der Waals surface area contributed by atoms with Crippen LogP contribution in [0.1, 0.15) is 0 Å². The van der Waals surface area contributed by atoms with Crippen LogP contribution < -0.4 is 4.90 Å². The first-order chi connectivity index (χ1) is 26.3. The molecule has 0 saturated carbocycles. The molecule has 0 spiro atoms. The van der Waals surface area contributed by atoms with Gasteiger partial charge in [-0.25, -0.2) is 0 Å². The predicted molar refractivity (Wildman–Crippen MR) is 222 cm³/mol. The van der Waals surface area contributed by atoms with E-state index in [2.05, 4.69) is 175 Å². The molecule has 0 aliphatic rings. The first kappa shape index (κ1) is 29.6. The summed E-state index contributed by atoms with van der Waals surface area (Å²) in [7, 11) is 0. The normalized spacial score (nSPS) is 11.8. The molecule has 9 aromatic carbocycles. The van der Waals surface area contributed by atoms with Crippen LogP contribution in [0.3, 0.4) is 0 Å². The standard InChI is InChI=1S/C50H31NO2/c1-2-12-33(13-3-1)39-18-10-19-43-46-31-44(40-15-6-7-17-42(40)50(46)53-49(39)43)34-22-24-36(25-23-34)51(37-26-21-32-11-4-5-14-35(32)29-37)38-27-28-48-45(30-38)41-16-8-9-20-47(41)52-48/h1-31H. The highest BCUT2D eigenvalue weighted by Gasteiger charge is 2.19. The second-order valence-electron chi connectivity index (χ2n) is 13.7. The van der Waals surface area contributed by atoms with Gasteiger partial charge in [-0.3, -0.25) is 0 Å². The van der Waals surface area contributed by atoms with E-state index >= 15 is 0 Å². The molecule has 0 amide bonds. The van der Waals surface area contributed by atoms with Gasteiger partial charge in [0.1, 0.15) is 22.3 Å². The Morgan fingerprint density at radius 3 is 1.79 bits per heavy atom. The van der Waals surface area contributed by atoms with Gasteiger partial charge >= 0.3 is 0 Å². The van der Waals surface area contributed by atoms with Gasteiger partial charge in [0.05, 0.1) is 0 Å². The van der Waals surface area contributed by atoms with E-state index in [0.717, 1.165) is 88.4 Å². The lowest BCUT2D eigenvalue weighted by Crippen LogP contribution is -2.09. The molecule has 0 N–H and O–H groups in total. The maximum Gasteiger partial charge on any atom is 0.143 e. The third-order valence-electron chi connectivity index (χ3n) is 10.6. The van der Waals surface area contributed by atoms with E-state index in [1.807, 2.05) is 18.2 Å². The lowest BCUT2D eigenvalue weighted by atomic mass is 9.94. The average Bonchev–Trinajstić information content (AvgIpc) is 3.80. The number of anilines is 3. The van der Waals surface area contributed by atoms with E-state index in [1.54, 1.807) is 0 Å². The van der Waals surface area contributed by atoms with Crippen LogP contribution in [0.4, 0.5) is 17.1 Å². The number of hydrogen-bond donors (Lipinski definition) is 0. The van der Waals surface area contributed by atoms with E-state index in [1.165, 1.54) is 16.3 Å². The first-order valence-electron chi connectivity index (χ1n) is 18.0. The number of para-hydroxylation sites is 2. The van der Waals surface area contributed by atoms with E-state index in [4.69, 9.17) is 8.83 Å². The van der Waals surface area contributed by atoms with Crippen molar-refractivity contribution in [1.82, 2.24) is 0 Å². The van der Waals surface area contributed by atoms with Crippen molar-refractivity contribution in [2.24, 2.45) is 0 Å². The number of furan rings is 2. The Hall–Kier alpha value is -7.10. The number of rotatable bonds is 5. The van der Waals surface area contributed by atoms with Crippen molar-refractivity contribution in [3.63, 3.8) is 0 Å². The quantitative estimate of drug-likeness (QED) is 0.182. The molecule has 3 heteroatoms. The summed E-state index contributed by atoms with van der Waals surface area (Å²) in [5.41, 5.74) is 11.4. The highest BCUT2D eigenvalue weighted by atomic mass is 16.3. The lowest BCUT2D eigenvalue weighted by molar-refractivity contribution is 0.669. The third kappa shape index (κ3) is 4.75. The van der Waals surface area contributed by atoms with Gasteiger partial charge in [-0.05, 0) is 87.4 Å². The molecule has 248 valence electrons. The zero-order chi connectivity index (χ0) is 34.9. The Bertz CT molecular complexity index is 3170. The molecule has 53 heavy (non-hydrogen) atoms. The average molecular weight is 678 g/mol. The maximum absolute atomic E-state index is 6.76. The molecular formula is C50H31NO2. The summed E-state index contributed by atoms with van der Waals surface area (Å²) in [6.45, 7) is 0. The van der Waals surface area contributed by atoms with Gasteiger partial charge in [0.15, 0.2) is 0 Å². The van der Waals surface area contributed by atoms with Crippen LogP contribution >= 0.6 is 0 Å². The molecular weight excluding hydrogens is 647 g/mol. The molecule has 2 aromatic heterocycles. The summed E-state index contributed by atoms with van der Waals surface area (Å²) >= 11 is 0. The predicted octanol–water partition coefficient (Wildman–Crippen LogP) is 14.6. The van der Waals surface area contributed by atoms with Crippen molar-refractivity contribution in [3.05, 3.63) is 188 Å². The number of fused-ring (bicyclic) bond motifs is 9. The first-order valence-corrected chi connectivity index (χ1v) is 18.0. The zero-order valence-electron chi connectivity index (χ0n) is 28.7. The fraction of sp³-hybridized carbons (Fsp3) is 0. The fourth-order valence-corrected chi connectivity index (χ4v) is 8.11. The summed E-state index contributed by atoms with van der Waals surface area (Å²) in [6, 6.07) is 66.8. The highest BCUT2D eigenvalue weighted by molar-refractivity contribution is 6.20. The molecule has 11 aromatic rings. The summed E-state index contributed by atoms with van der Waals surface area (Å²) in [5.74, 6) is 0. The number of benzene rings is 9. The van der Waals surface area contributed by atoms with Crippen molar-refractivity contribution in [2.45, 2.75) is 0 Å². The largest absolute Gasteiger partial charge is 0.456 e. The van der Waals surface area contributed by atoms with Crippen molar-refractivity contribution in [2.75, 3.05) is 4.90 Å². The van der Waals surface area contributed by atoms with Gasteiger partial charge in [0.25, 0.3) is 0 Å². The summed E-state index contributed by atoms with van der Waals surface area (Å²) < 4.78 is 13.0. The Balaban J connectivity index is 1.08. The molecule has 0 radical (unpaired) electrons. The minimum atomic E-state index is 0.883. The topological polar surface area (TPSA) is 29.5 Å². The van der Waals surface area contributed by atoms with E-state index in [0.29, 0.717) is 0 Å². The minimum absolute atomic E-state index is 0.883. The minimum Gasteiger partial charge on any atom is -0.456 e. The van der Waals surface area contributed by atoms with Crippen molar-refractivity contribution < 1.29 is 8.83 Å². The SMILES string of the molecule is c1ccc(-c2cccc3c2oc2c4ccccc4c(-c4ccc(N(c5ccc6ccccc6c5)c5ccc6oc7ccccc7c6c5)cc4)cc32)cc1. The molecule has 0 atom stereocenters. The summed E-state index contributed by atoms with van der Waals surface area (Å²) in [6.07, 6.45) is 0. The number of nitrogens with zero attached hydrogens (tertiary/aromatic N) is 1. The van der Waals surface area contributed by atoms with Crippen LogP contribution in [0.5, 0.6) is 0 Å². The lowest BCUT2D eigenvalue weighted by Gasteiger charge is -2.26. The molecule has 11 rings (SSSR count). The highest BCUT2D eigenvalue weighted by Crippen LogP contribution is 2.44. The van der Waals surface area contributed by atoms with Gasteiger partial charge in [-0.2, -0.15) is 0 Å². The van der Waals surface area contributed by atoms with Gasteiger partial charge in [-0.15, -0.1) is 0 Å². The van der Waals surface area contributed by atoms with Crippen LogP contribution in [-0.4, -0.2) is 0 Å². The second kappa shape index (κ2) is 11.7. The van der Waals surface area contributed by atoms with Crippen LogP contribution in [0.2, 0.25) is 0 Å². The van der Waals surface area contributed by atoms with Crippen LogP contribution in [0.15, 0.2) is 197 Å². The van der Waals surface area contributed by atoms with Crippen molar-refractivity contribution in [3.8, 4) is 22.3 Å².